The Labute approximate surface area is 105 Å². The molecule has 0 spiro atoms. The molecule has 1 aromatic heterocycles. The first-order valence-electron chi connectivity index (χ1n) is 5.27. The van der Waals surface area contributed by atoms with Crippen LogP contribution in [0, 0.1) is 6.92 Å². The highest BCUT2D eigenvalue weighted by Gasteiger charge is 2.10. The summed E-state index contributed by atoms with van der Waals surface area (Å²) in [6.07, 6.45) is 0. The lowest BCUT2D eigenvalue weighted by Crippen LogP contribution is -2.02. The molecule has 0 aliphatic carbocycles. The van der Waals surface area contributed by atoms with Gasteiger partial charge in [0, 0.05) is 30.2 Å². The lowest BCUT2D eigenvalue weighted by atomic mass is 10.2. The van der Waals surface area contributed by atoms with Crippen LogP contribution in [0.15, 0.2) is 24.3 Å². The van der Waals surface area contributed by atoms with Crippen molar-refractivity contribution in [1.82, 2.24) is 9.78 Å². The van der Waals surface area contributed by atoms with E-state index in [-0.39, 0.29) is 0 Å². The number of ether oxygens (including phenoxy) is 1. The van der Waals surface area contributed by atoms with Gasteiger partial charge in [-0.1, -0.05) is 17.7 Å². The monoisotopic (exact) mass is 251 g/mol. The van der Waals surface area contributed by atoms with Gasteiger partial charge >= 0.3 is 0 Å². The molecule has 0 saturated carbocycles. The molecule has 0 fully saturated rings. The zero-order valence-corrected chi connectivity index (χ0v) is 10.5. The molecular weight excluding hydrogens is 238 g/mol. The van der Waals surface area contributed by atoms with E-state index in [4.69, 9.17) is 22.1 Å². The smallest absolute Gasteiger partial charge is 0.217 e. The Morgan fingerprint density at radius 3 is 2.82 bits per heavy atom. The summed E-state index contributed by atoms with van der Waals surface area (Å²) in [6, 6.07) is 7.34. The number of aryl methyl sites for hydroxylation is 2. The molecule has 17 heavy (non-hydrogen) atoms. The van der Waals surface area contributed by atoms with Gasteiger partial charge in [-0.3, -0.25) is 0 Å². The zero-order valence-electron chi connectivity index (χ0n) is 9.77. The number of nitrogens with zero attached hydrogens (tertiary/aromatic N) is 2. The Morgan fingerprint density at radius 2 is 2.24 bits per heavy atom. The van der Waals surface area contributed by atoms with Gasteiger partial charge in [0.2, 0.25) is 5.88 Å². The van der Waals surface area contributed by atoms with E-state index in [0.29, 0.717) is 23.2 Å². The van der Waals surface area contributed by atoms with Gasteiger partial charge < -0.3 is 10.5 Å². The van der Waals surface area contributed by atoms with Crippen molar-refractivity contribution in [2.75, 3.05) is 0 Å². The maximum Gasteiger partial charge on any atom is 0.217 e. The van der Waals surface area contributed by atoms with E-state index >= 15 is 0 Å². The zero-order chi connectivity index (χ0) is 12.4. The fourth-order valence-electron chi connectivity index (χ4n) is 1.63. The molecule has 4 nitrogen and oxygen atoms in total. The topological polar surface area (TPSA) is 53.1 Å². The minimum absolute atomic E-state index is 0.339. The van der Waals surface area contributed by atoms with Crippen molar-refractivity contribution in [3.63, 3.8) is 0 Å². The minimum atomic E-state index is 0.339. The summed E-state index contributed by atoms with van der Waals surface area (Å²) >= 11 is 6.06. The van der Waals surface area contributed by atoms with E-state index in [2.05, 4.69) is 5.10 Å². The molecule has 0 aliphatic rings. The molecule has 5 heteroatoms. The summed E-state index contributed by atoms with van der Waals surface area (Å²) in [7, 11) is 1.83. The molecule has 0 aliphatic heterocycles. The van der Waals surface area contributed by atoms with Crippen LogP contribution in [-0.4, -0.2) is 9.78 Å². The van der Waals surface area contributed by atoms with Crippen molar-refractivity contribution < 1.29 is 4.74 Å². The second kappa shape index (κ2) is 4.77. The average molecular weight is 252 g/mol. The van der Waals surface area contributed by atoms with E-state index in [1.165, 1.54) is 0 Å². The van der Waals surface area contributed by atoms with Gasteiger partial charge in [-0.15, -0.1) is 0 Å². The highest BCUT2D eigenvalue weighted by atomic mass is 35.5. The minimum Gasteiger partial charge on any atom is -0.439 e. The van der Waals surface area contributed by atoms with E-state index in [1.807, 2.05) is 32.2 Å². The SMILES string of the molecule is Cc1cc(Oc2cccc(Cl)c2CN)n(C)n1. The highest BCUT2D eigenvalue weighted by Crippen LogP contribution is 2.30. The first-order valence-corrected chi connectivity index (χ1v) is 5.65. The van der Waals surface area contributed by atoms with Crippen molar-refractivity contribution in [2.45, 2.75) is 13.5 Å². The Morgan fingerprint density at radius 1 is 1.47 bits per heavy atom. The molecule has 0 unspecified atom stereocenters. The van der Waals surface area contributed by atoms with Gasteiger partial charge in [0.05, 0.1) is 5.69 Å². The van der Waals surface area contributed by atoms with E-state index < -0.39 is 0 Å². The molecule has 2 N–H and O–H groups in total. The fourth-order valence-corrected chi connectivity index (χ4v) is 1.87. The van der Waals surface area contributed by atoms with Crippen LogP contribution in [0.25, 0.3) is 0 Å². The van der Waals surface area contributed by atoms with Gasteiger partial charge in [0.1, 0.15) is 5.75 Å². The van der Waals surface area contributed by atoms with Crippen molar-refractivity contribution in [1.29, 1.82) is 0 Å². The molecule has 0 atom stereocenters. The second-order valence-corrected chi connectivity index (χ2v) is 4.18. The summed E-state index contributed by atoms with van der Waals surface area (Å²) < 4.78 is 7.45. The number of aromatic nitrogens is 2. The van der Waals surface area contributed by atoms with Crippen molar-refractivity contribution >= 4 is 11.6 Å². The molecule has 1 aromatic carbocycles. The quantitative estimate of drug-likeness (QED) is 0.912. The maximum absolute atomic E-state index is 6.06. The highest BCUT2D eigenvalue weighted by molar-refractivity contribution is 6.31. The van der Waals surface area contributed by atoms with Crippen LogP contribution in [0.3, 0.4) is 0 Å². The van der Waals surface area contributed by atoms with Crippen LogP contribution in [-0.2, 0) is 13.6 Å². The summed E-state index contributed by atoms with van der Waals surface area (Å²) in [5, 5.41) is 4.83. The third-order valence-corrected chi connectivity index (χ3v) is 2.81. The lowest BCUT2D eigenvalue weighted by molar-refractivity contribution is 0.426. The second-order valence-electron chi connectivity index (χ2n) is 3.77. The first-order chi connectivity index (χ1) is 8.11. The van der Waals surface area contributed by atoms with E-state index in [0.717, 1.165) is 11.3 Å². The Balaban J connectivity index is 2.36. The van der Waals surface area contributed by atoms with Gasteiger partial charge in [-0.25, -0.2) is 4.68 Å². The summed E-state index contributed by atoms with van der Waals surface area (Å²) in [6.45, 7) is 2.25. The first kappa shape index (κ1) is 12.0. The molecule has 90 valence electrons. The van der Waals surface area contributed by atoms with E-state index in [1.54, 1.807) is 10.7 Å². The maximum atomic E-state index is 6.06. The van der Waals surface area contributed by atoms with Gasteiger partial charge in [0.25, 0.3) is 0 Å². The molecule has 2 aromatic rings. The van der Waals surface area contributed by atoms with Gasteiger partial charge in [-0.05, 0) is 19.1 Å². The molecular formula is C12H14ClN3O. The van der Waals surface area contributed by atoms with Crippen LogP contribution in [0.5, 0.6) is 11.6 Å². The summed E-state index contributed by atoms with van der Waals surface area (Å²) in [5.74, 6) is 1.34. The number of halogens is 1. The van der Waals surface area contributed by atoms with E-state index in [9.17, 15) is 0 Å². The Bertz CT molecular complexity index is 537. The molecule has 2 rings (SSSR count). The standard InChI is InChI=1S/C12H14ClN3O/c1-8-6-12(16(2)15-8)17-11-5-3-4-10(13)9(11)7-14/h3-6H,7,14H2,1-2H3. The van der Waals surface area contributed by atoms with Crippen LogP contribution in [0.1, 0.15) is 11.3 Å². The predicted molar refractivity (Wildman–Crippen MR) is 67.4 cm³/mol. The van der Waals surface area contributed by atoms with Crippen molar-refractivity contribution in [3.05, 3.63) is 40.5 Å². The lowest BCUT2D eigenvalue weighted by Gasteiger charge is -2.10. The third-order valence-electron chi connectivity index (χ3n) is 2.45. The Kier molecular flexibility index (Phi) is 3.36. The van der Waals surface area contributed by atoms with Crippen LogP contribution < -0.4 is 10.5 Å². The van der Waals surface area contributed by atoms with Gasteiger partial charge in [0.15, 0.2) is 0 Å². The van der Waals surface area contributed by atoms with Crippen molar-refractivity contribution in [3.8, 4) is 11.6 Å². The molecule has 0 amide bonds. The van der Waals surface area contributed by atoms with Crippen molar-refractivity contribution in [2.24, 2.45) is 12.8 Å². The number of nitrogens with two attached hydrogens (primary N) is 1. The molecule has 0 bridgehead atoms. The average Bonchev–Trinajstić information content (AvgIpc) is 2.58. The molecule has 0 radical (unpaired) electrons. The normalized spacial score (nSPS) is 10.6. The van der Waals surface area contributed by atoms with Gasteiger partial charge in [-0.2, -0.15) is 5.10 Å². The van der Waals surface area contributed by atoms with Crippen LogP contribution in [0.4, 0.5) is 0 Å². The third kappa shape index (κ3) is 2.43. The number of rotatable bonds is 3. The number of benzene rings is 1. The summed E-state index contributed by atoms with van der Waals surface area (Å²) in [4.78, 5) is 0. The largest absolute Gasteiger partial charge is 0.439 e. The van der Waals surface area contributed by atoms with Crippen LogP contribution in [0.2, 0.25) is 5.02 Å². The fraction of sp³-hybridized carbons (Fsp3) is 0.250. The summed E-state index contributed by atoms with van der Waals surface area (Å²) in [5.41, 5.74) is 7.36. The van der Waals surface area contributed by atoms with Crippen LogP contribution >= 0.6 is 11.6 Å². The molecule has 1 heterocycles. The molecule has 0 saturated heterocycles. The predicted octanol–water partition coefficient (Wildman–Crippen LogP) is 2.63. The number of hydrogen-bond donors (Lipinski definition) is 1. The number of hydrogen-bond acceptors (Lipinski definition) is 3. The Hall–Kier alpha value is -1.52.